The van der Waals surface area contributed by atoms with Crippen molar-refractivity contribution >= 4 is 34.0 Å². The Kier molecular flexibility index (Phi) is 4.43. The van der Waals surface area contributed by atoms with Crippen LogP contribution in [0.2, 0.25) is 0 Å². The molecule has 0 N–H and O–H groups in total. The molecule has 6 rings (SSSR count). The first-order valence-electron chi connectivity index (χ1n) is 10.1. The summed E-state index contributed by atoms with van der Waals surface area (Å²) in [5.41, 5.74) is 3.81. The van der Waals surface area contributed by atoms with Crippen LogP contribution in [0.3, 0.4) is 0 Å². The second-order valence-electron chi connectivity index (χ2n) is 7.26. The van der Waals surface area contributed by atoms with E-state index < -0.39 is 0 Å². The second-order valence-corrected chi connectivity index (χ2v) is 8.21. The smallest absolute Gasteiger partial charge is 0.258 e. The zero-order valence-electron chi connectivity index (χ0n) is 16.8. The first-order valence-corrected chi connectivity index (χ1v) is 11.1. The molecule has 4 aromatic heterocycles. The van der Waals surface area contributed by atoms with Crippen molar-refractivity contribution in [3.05, 3.63) is 101 Å². The van der Waals surface area contributed by atoms with E-state index in [1.807, 2.05) is 77.2 Å². The fraction of sp³-hybridized carbons (Fsp3) is 0.0417. The Morgan fingerprint density at radius 3 is 2.56 bits per heavy atom. The predicted octanol–water partition coefficient (Wildman–Crippen LogP) is 4.24. The number of para-hydroxylation sites is 1. The van der Waals surface area contributed by atoms with Gasteiger partial charge in [0.1, 0.15) is 11.5 Å². The highest BCUT2D eigenvalue weighted by molar-refractivity contribution is 7.98. The van der Waals surface area contributed by atoms with Crippen molar-refractivity contribution in [2.75, 3.05) is 0 Å². The molecule has 7 nitrogen and oxygen atoms in total. The Bertz CT molecular complexity index is 1660. The highest BCUT2D eigenvalue weighted by Crippen LogP contribution is 2.29. The van der Waals surface area contributed by atoms with Gasteiger partial charge in [0.05, 0.1) is 11.2 Å². The maximum Gasteiger partial charge on any atom is 0.258 e. The molecule has 6 aromatic rings. The molecular formula is C24H16N6OS. The van der Waals surface area contributed by atoms with Crippen LogP contribution in [0, 0.1) is 0 Å². The summed E-state index contributed by atoms with van der Waals surface area (Å²) in [6.45, 7) is 0. The molecule has 0 radical (unpaired) electrons. The van der Waals surface area contributed by atoms with Crippen LogP contribution in [-0.2, 0) is 5.75 Å². The van der Waals surface area contributed by atoms with E-state index in [0.717, 1.165) is 27.9 Å². The van der Waals surface area contributed by atoms with Crippen LogP contribution in [0.1, 0.15) is 5.69 Å². The molecule has 0 saturated heterocycles. The fourth-order valence-corrected chi connectivity index (χ4v) is 4.57. The number of rotatable bonds is 4. The quantitative estimate of drug-likeness (QED) is 0.385. The molecule has 0 aliphatic rings. The third-order valence-electron chi connectivity index (χ3n) is 5.22. The Balaban J connectivity index is 1.47. The van der Waals surface area contributed by atoms with Gasteiger partial charge in [-0.3, -0.25) is 13.6 Å². The molecular weight excluding hydrogens is 420 g/mol. The maximum absolute atomic E-state index is 12.4. The third-order valence-corrected chi connectivity index (χ3v) is 6.18. The van der Waals surface area contributed by atoms with E-state index in [2.05, 4.69) is 15.2 Å². The summed E-state index contributed by atoms with van der Waals surface area (Å²) in [6.07, 6.45) is 1.72. The molecule has 8 heteroatoms. The molecule has 0 amide bonds. The molecule has 0 bridgehead atoms. The summed E-state index contributed by atoms with van der Waals surface area (Å²) in [7, 11) is 0. The van der Waals surface area contributed by atoms with Crippen LogP contribution in [0.15, 0.2) is 95.0 Å². The lowest BCUT2D eigenvalue weighted by Crippen LogP contribution is -2.14. The Hall–Kier alpha value is -4.04. The molecule has 0 spiro atoms. The summed E-state index contributed by atoms with van der Waals surface area (Å²) in [6, 6.07) is 25.0. The molecule has 0 aliphatic heterocycles. The minimum Gasteiger partial charge on any atom is -0.269 e. The van der Waals surface area contributed by atoms with Gasteiger partial charge < -0.3 is 0 Å². The van der Waals surface area contributed by atoms with E-state index in [-0.39, 0.29) is 5.56 Å². The van der Waals surface area contributed by atoms with Crippen LogP contribution in [0.25, 0.3) is 33.6 Å². The van der Waals surface area contributed by atoms with Gasteiger partial charge in [0, 0.05) is 29.0 Å². The molecule has 154 valence electrons. The number of benzene rings is 2. The lowest BCUT2D eigenvalue weighted by molar-refractivity contribution is 0.911. The molecule has 4 heterocycles. The highest BCUT2D eigenvalue weighted by atomic mass is 32.2. The van der Waals surface area contributed by atoms with Crippen LogP contribution in [-0.4, -0.2) is 29.0 Å². The SMILES string of the molecule is O=c1cc(CSc2nnc3c4ccccc4nc(-c4ccccc4)n23)nc2ccccn12. The summed E-state index contributed by atoms with van der Waals surface area (Å²) in [5, 5.41) is 10.6. The zero-order chi connectivity index (χ0) is 21.5. The van der Waals surface area contributed by atoms with Crippen LogP contribution in [0.5, 0.6) is 0 Å². The summed E-state index contributed by atoms with van der Waals surface area (Å²) in [5.74, 6) is 1.26. The normalized spacial score (nSPS) is 11.5. The van der Waals surface area contributed by atoms with E-state index in [0.29, 0.717) is 22.3 Å². The summed E-state index contributed by atoms with van der Waals surface area (Å²) < 4.78 is 3.51. The third kappa shape index (κ3) is 3.12. The van der Waals surface area contributed by atoms with E-state index in [1.165, 1.54) is 16.2 Å². The number of fused-ring (bicyclic) bond motifs is 4. The lowest BCUT2D eigenvalue weighted by atomic mass is 10.2. The molecule has 2 aromatic carbocycles. The van der Waals surface area contributed by atoms with Crippen LogP contribution >= 0.6 is 11.8 Å². The van der Waals surface area contributed by atoms with Gasteiger partial charge >= 0.3 is 0 Å². The van der Waals surface area contributed by atoms with Gasteiger partial charge in [-0.2, -0.15) is 0 Å². The molecule has 0 saturated carbocycles. The van der Waals surface area contributed by atoms with Crippen LogP contribution in [0.4, 0.5) is 0 Å². The average Bonchev–Trinajstić information content (AvgIpc) is 3.27. The van der Waals surface area contributed by atoms with Crippen molar-refractivity contribution in [1.29, 1.82) is 0 Å². The van der Waals surface area contributed by atoms with Gasteiger partial charge in [-0.15, -0.1) is 10.2 Å². The number of hydrogen-bond acceptors (Lipinski definition) is 6. The van der Waals surface area contributed by atoms with Crippen molar-refractivity contribution in [3.63, 3.8) is 0 Å². The van der Waals surface area contributed by atoms with Crippen molar-refractivity contribution in [2.45, 2.75) is 10.9 Å². The summed E-state index contributed by atoms with van der Waals surface area (Å²) in [4.78, 5) is 22.0. The van der Waals surface area contributed by atoms with Gasteiger partial charge in [-0.05, 0) is 24.3 Å². The number of nitrogens with zero attached hydrogens (tertiary/aromatic N) is 6. The van der Waals surface area contributed by atoms with Gasteiger partial charge in [-0.25, -0.2) is 9.97 Å². The van der Waals surface area contributed by atoms with Crippen molar-refractivity contribution in [3.8, 4) is 11.4 Å². The summed E-state index contributed by atoms with van der Waals surface area (Å²) >= 11 is 1.48. The molecule has 0 unspecified atom stereocenters. The second kappa shape index (κ2) is 7.58. The minimum absolute atomic E-state index is 0.102. The first kappa shape index (κ1) is 18.7. The first-order chi connectivity index (χ1) is 15.8. The predicted molar refractivity (Wildman–Crippen MR) is 125 cm³/mol. The Labute approximate surface area is 186 Å². The number of aromatic nitrogens is 6. The molecule has 0 fully saturated rings. The average molecular weight is 437 g/mol. The zero-order valence-corrected chi connectivity index (χ0v) is 17.6. The molecule has 0 aliphatic carbocycles. The maximum atomic E-state index is 12.4. The largest absolute Gasteiger partial charge is 0.269 e. The number of thioether (sulfide) groups is 1. The van der Waals surface area contributed by atoms with Gasteiger partial charge in [0.15, 0.2) is 10.8 Å². The van der Waals surface area contributed by atoms with Crippen LogP contribution < -0.4 is 5.56 Å². The Morgan fingerprint density at radius 1 is 0.844 bits per heavy atom. The van der Waals surface area contributed by atoms with Gasteiger partial charge in [0.25, 0.3) is 5.56 Å². The van der Waals surface area contributed by atoms with E-state index in [1.54, 1.807) is 12.3 Å². The Morgan fingerprint density at radius 2 is 1.66 bits per heavy atom. The minimum atomic E-state index is -0.102. The van der Waals surface area contributed by atoms with Crippen molar-refractivity contribution < 1.29 is 0 Å². The lowest BCUT2D eigenvalue weighted by Gasteiger charge is -2.09. The monoisotopic (exact) mass is 436 g/mol. The van der Waals surface area contributed by atoms with Gasteiger partial charge in [0.2, 0.25) is 0 Å². The van der Waals surface area contributed by atoms with Crippen molar-refractivity contribution in [2.24, 2.45) is 0 Å². The van der Waals surface area contributed by atoms with Crippen molar-refractivity contribution in [1.82, 2.24) is 29.0 Å². The number of hydrogen-bond donors (Lipinski definition) is 0. The molecule has 0 atom stereocenters. The topological polar surface area (TPSA) is 77.5 Å². The van der Waals surface area contributed by atoms with E-state index >= 15 is 0 Å². The standard InChI is InChI=1S/C24H16N6OS/c31-21-14-17(25-20-12-6-7-13-29(20)21)15-32-24-28-27-23-18-10-4-5-11-19(18)26-22(30(23)24)16-8-2-1-3-9-16/h1-14H,15H2. The van der Waals surface area contributed by atoms with E-state index in [4.69, 9.17) is 4.98 Å². The fourth-order valence-electron chi connectivity index (χ4n) is 3.75. The van der Waals surface area contributed by atoms with E-state index in [9.17, 15) is 4.79 Å². The van der Waals surface area contributed by atoms with Gasteiger partial charge in [-0.1, -0.05) is 60.3 Å². The molecule has 32 heavy (non-hydrogen) atoms. The highest BCUT2D eigenvalue weighted by Gasteiger charge is 2.17. The number of pyridine rings is 1.